The molecule has 1 heterocycles. The van der Waals surface area contributed by atoms with Crippen molar-refractivity contribution in [2.24, 2.45) is 12.5 Å². The number of nitrogens with zero attached hydrogens (tertiary/aromatic N) is 2. The van der Waals surface area contributed by atoms with Crippen LogP contribution >= 0.6 is 0 Å². The van der Waals surface area contributed by atoms with Crippen molar-refractivity contribution in [1.29, 1.82) is 0 Å². The van der Waals surface area contributed by atoms with Crippen LogP contribution < -0.4 is 5.32 Å². The molecule has 1 aromatic rings. The van der Waals surface area contributed by atoms with Gasteiger partial charge in [0.2, 0.25) is 0 Å². The number of carbonyl (C=O) groups is 1. The molecule has 0 unspecified atom stereocenters. The third-order valence-corrected chi connectivity index (χ3v) is 4.65. The van der Waals surface area contributed by atoms with Crippen LogP contribution in [0.25, 0.3) is 0 Å². The number of aromatic nitrogens is 2. The summed E-state index contributed by atoms with van der Waals surface area (Å²) >= 11 is 0. The van der Waals surface area contributed by atoms with Crippen molar-refractivity contribution in [2.45, 2.75) is 59.3 Å². The second kappa shape index (κ2) is 7.27. The Bertz CT molecular complexity index is 496. The standard InChI is InChI=1S/C17H31N3O2/c1-7-17(8-2,9-10-21)12-18-15(22)13-11-14(16(3,4)5)19-20(13)6/h11,21H,7-10,12H2,1-6H3,(H,18,22). The molecule has 1 amide bonds. The van der Waals surface area contributed by atoms with Crippen molar-refractivity contribution in [1.82, 2.24) is 15.1 Å². The van der Waals surface area contributed by atoms with Gasteiger partial charge < -0.3 is 10.4 Å². The van der Waals surface area contributed by atoms with Crippen LogP contribution in [0.5, 0.6) is 0 Å². The molecule has 1 rings (SSSR count). The Hall–Kier alpha value is -1.36. The highest BCUT2D eigenvalue weighted by Crippen LogP contribution is 2.29. The van der Waals surface area contributed by atoms with E-state index in [1.165, 1.54) is 0 Å². The van der Waals surface area contributed by atoms with E-state index in [0.29, 0.717) is 18.7 Å². The van der Waals surface area contributed by atoms with E-state index >= 15 is 0 Å². The van der Waals surface area contributed by atoms with Crippen molar-refractivity contribution < 1.29 is 9.90 Å². The fourth-order valence-electron chi connectivity index (χ4n) is 2.58. The summed E-state index contributed by atoms with van der Waals surface area (Å²) in [7, 11) is 1.80. The molecule has 0 fully saturated rings. The van der Waals surface area contributed by atoms with Gasteiger partial charge in [0.1, 0.15) is 5.69 Å². The first-order valence-corrected chi connectivity index (χ1v) is 8.12. The summed E-state index contributed by atoms with van der Waals surface area (Å²) in [5.74, 6) is -0.102. The maximum atomic E-state index is 12.5. The average Bonchev–Trinajstić information content (AvgIpc) is 2.85. The zero-order valence-electron chi connectivity index (χ0n) is 14.9. The van der Waals surface area contributed by atoms with Gasteiger partial charge in [0.25, 0.3) is 5.91 Å². The summed E-state index contributed by atoms with van der Waals surface area (Å²) in [5, 5.41) is 16.7. The van der Waals surface area contributed by atoms with E-state index in [2.05, 4.69) is 45.0 Å². The zero-order chi connectivity index (χ0) is 17.0. The van der Waals surface area contributed by atoms with E-state index < -0.39 is 0 Å². The highest BCUT2D eigenvalue weighted by molar-refractivity contribution is 5.92. The highest BCUT2D eigenvalue weighted by Gasteiger charge is 2.27. The Kier molecular flexibility index (Phi) is 6.17. The summed E-state index contributed by atoms with van der Waals surface area (Å²) in [6.45, 7) is 11.2. The predicted molar refractivity (Wildman–Crippen MR) is 89.0 cm³/mol. The van der Waals surface area contributed by atoms with Crippen molar-refractivity contribution >= 4 is 5.91 Å². The molecular formula is C17H31N3O2. The normalized spacial score (nSPS) is 12.5. The van der Waals surface area contributed by atoms with Gasteiger partial charge in [-0.25, -0.2) is 0 Å². The molecule has 2 N–H and O–H groups in total. The molecule has 0 saturated carbocycles. The lowest BCUT2D eigenvalue weighted by Gasteiger charge is -2.31. The van der Waals surface area contributed by atoms with Gasteiger partial charge in [0.15, 0.2) is 0 Å². The number of nitrogens with one attached hydrogen (secondary N) is 1. The number of aliphatic hydroxyl groups is 1. The number of hydrogen-bond donors (Lipinski definition) is 2. The minimum atomic E-state index is -0.102. The lowest BCUT2D eigenvalue weighted by Crippen LogP contribution is -2.38. The van der Waals surface area contributed by atoms with Crippen molar-refractivity contribution in [3.8, 4) is 0 Å². The van der Waals surface area contributed by atoms with Gasteiger partial charge in [-0.1, -0.05) is 34.6 Å². The van der Waals surface area contributed by atoms with Crippen LogP contribution in [-0.4, -0.2) is 33.9 Å². The van der Waals surface area contributed by atoms with E-state index in [4.69, 9.17) is 0 Å². The van der Waals surface area contributed by atoms with E-state index in [9.17, 15) is 9.90 Å². The number of carbonyl (C=O) groups excluding carboxylic acids is 1. The molecule has 0 aromatic carbocycles. The first-order chi connectivity index (χ1) is 10.2. The van der Waals surface area contributed by atoms with Crippen molar-refractivity contribution in [3.05, 3.63) is 17.5 Å². The van der Waals surface area contributed by atoms with Gasteiger partial charge in [-0.3, -0.25) is 9.48 Å². The first-order valence-electron chi connectivity index (χ1n) is 8.12. The lowest BCUT2D eigenvalue weighted by atomic mass is 9.79. The maximum absolute atomic E-state index is 12.5. The lowest BCUT2D eigenvalue weighted by molar-refractivity contribution is 0.0898. The van der Waals surface area contributed by atoms with Gasteiger partial charge in [-0.15, -0.1) is 0 Å². The van der Waals surface area contributed by atoms with Crippen molar-refractivity contribution in [3.63, 3.8) is 0 Å². The first kappa shape index (κ1) is 18.7. The van der Waals surface area contributed by atoms with Crippen LogP contribution in [0.2, 0.25) is 0 Å². The number of rotatable bonds is 7. The maximum Gasteiger partial charge on any atom is 0.269 e. The Balaban J connectivity index is 2.83. The Morgan fingerprint density at radius 2 is 1.91 bits per heavy atom. The molecule has 126 valence electrons. The summed E-state index contributed by atoms with van der Waals surface area (Å²) < 4.78 is 1.64. The number of aliphatic hydroxyl groups excluding tert-OH is 1. The SMILES string of the molecule is CCC(CC)(CCO)CNC(=O)c1cc(C(C)(C)C)nn1C. The summed E-state index contributed by atoms with van der Waals surface area (Å²) in [4.78, 5) is 12.5. The molecule has 0 radical (unpaired) electrons. The Labute approximate surface area is 134 Å². The Morgan fingerprint density at radius 1 is 1.32 bits per heavy atom. The number of hydrogen-bond acceptors (Lipinski definition) is 3. The summed E-state index contributed by atoms with van der Waals surface area (Å²) in [6, 6.07) is 1.86. The van der Waals surface area contributed by atoms with Gasteiger partial charge in [0.05, 0.1) is 5.69 Å². The summed E-state index contributed by atoms with van der Waals surface area (Å²) in [5.41, 5.74) is 1.38. The van der Waals surface area contributed by atoms with Crippen LogP contribution in [0.4, 0.5) is 0 Å². The third kappa shape index (κ3) is 4.32. The molecule has 0 spiro atoms. The predicted octanol–water partition coefficient (Wildman–Crippen LogP) is 2.64. The van der Waals surface area contributed by atoms with Crippen LogP contribution in [0.1, 0.15) is 70.1 Å². The topological polar surface area (TPSA) is 67.2 Å². The highest BCUT2D eigenvalue weighted by atomic mass is 16.3. The average molecular weight is 309 g/mol. The van der Waals surface area contributed by atoms with E-state index in [0.717, 1.165) is 18.5 Å². The van der Waals surface area contributed by atoms with Crippen LogP contribution in [0.15, 0.2) is 6.07 Å². The molecule has 0 aliphatic rings. The number of amides is 1. The summed E-state index contributed by atoms with van der Waals surface area (Å²) in [6.07, 6.45) is 2.57. The minimum absolute atomic E-state index is 0.0319. The molecule has 1 aromatic heterocycles. The second-order valence-corrected chi connectivity index (χ2v) is 7.15. The van der Waals surface area contributed by atoms with Gasteiger partial charge in [0, 0.05) is 25.6 Å². The largest absolute Gasteiger partial charge is 0.396 e. The fourth-order valence-corrected chi connectivity index (χ4v) is 2.58. The quantitative estimate of drug-likeness (QED) is 0.813. The molecule has 0 aliphatic carbocycles. The molecule has 0 saturated heterocycles. The molecule has 5 heteroatoms. The molecule has 0 atom stereocenters. The van der Waals surface area contributed by atoms with Crippen LogP contribution in [0.3, 0.4) is 0 Å². The Morgan fingerprint density at radius 3 is 2.32 bits per heavy atom. The molecule has 5 nitrogen and oxygen atoms in total. The zero-order valence-corrected chi connectivity index (χ0v) is 14.9. The van der Waals surface area contributed by atoms with Gasteiger partial charge in [-0.2, -0.15) is 5.10 Å². The van der Waals surface area contributed by atoms with E-state index in [1.54, 1.807) is 11.7 Å². The molecule has 0 bridgehead atoms. The van der Waals surface area contributed by atoms with Crippen LogP contribution in [-0.2, 0) is 12.5 Å². The van der Waals surface area contributed by atoms with E-state index in [-0.39, 0.29) is 23.3 Å². The van der Waals surface area contributed by atoms with Crippen LogP contribution in [0, 0.1) is 5.41 Å². The molecule has 22 heavy (non-hydrogen) atoms. The van der Waals surface area contributed by atoms with Gasteiger partial charge in [-0.05, 0) is 30.7 Å². The smallest absolute Gasteiger partial charge is 0.269 e. The minimum Gasteiger partial charge on any atom is -0.396 e. The number of aryl methyl sites for hydroxylation is 1. The van der Waals surface area contributed by atoms with E-state index in [1.807, 2.05) is 6.07 Å². The van der Waals surface area contributed by atoms with Gasteiger partial charge >= 0.3 is 0 Å². The van der Waals surface area contributed by atoms with Crippen molar-refractivity contribution in [2.75, 3.05) is 13.2 Å². The molecular weight excluding hydrogens is 278 g/mol. The molecule has 0 aliphatic heterocycles. The second-order valence-electron chi connectivity index (χ2n) is 7.15. The monoisotopic (exact) mass is 309 g/mol. The fraction of sp³-hybridized carbons (Fsp3) is 0.765. The third-order valence-electron chi connectivity index (χ3n) is 4.65.